The number of pyridine rings is 2. The van der Waals surface area contributed by atoms with Gasteiger partial charge in [0, 0.05) is 22.9 Å². The molecule has 6 aromatic carbocycles. The minimum atomic E-state index is 0.970. The van der Waals surface area contributed by atoms with Crippen LogP contribution in [0.5, 0.6) is 0 Å². The van der Waals surface area contributed by atoms with E-state index in [1.165, 1.54) is 43.4 Å². The van der Waals surface area contributed by atoms with E-state index in [-0.39, 0.29) is 0 Å². The molecule has 0 aliphatic rings. The summed E-state index contributed by atoms with van der Waals surface area (Å²) in [6, 6.07) is 53.6. The molecule has 2 heterocycles. The third-order valence-corrected chi connectivity index (χ3v) is 8.11. The molecule has 0 spiro atoms. The van der Waals surface area contributed by atoms with Crippen molar-refractivity contribution < 1.29 is 0 Å². The van der Waals surface area contributed by atoms with Crippen LogP contribution in [0.15, 0.2) is 158 Å². The van der Waals surface area contributed by atoms with E-state index in [4.69, 9.17) is 9.97 Å². The van der Waals surface area contributed by atoms with Gasteiger partial charge in [0.1, 0.15) is 0 Å². The zero-order valence-electron chi connectivity index (χ0n) is 22.9. The lowest BCUT2D eigenvalue weighted by Crippen LogP contribution is -1.90. The summed E-state index contributed by atoms with van der Waals surface area (Å²) in [7, 11) is 0. The zero-order chi connectivity index (χ0) is 27.9. The number of benzene rings is 6. The van der Waals surface area contributed by atoms with Gasteiger partial charge in [-0.3, -0.25) is 4.98 Å². The van der Waals surface area contributed by atoms with E-state index in [0.717, 1.165) is 33.8 Å². The highest BCUT2D eigenvalue weighted by Crippen LogP contribution is 2.39. The molecule has 0 bridgehead atoms. The van der Waals surface area contributed by atoms with Crippen LogP contribution in [0.25, 0.3) is 77.2 Å². The monoisotopic (exact) mass is 534 g/mol. The average Bonchev–Trinajstić information content (AvgIpc) is 3.09. The SMILES string of the molecule is c1ccc(-c2ccnc(-c3ccc4c5ccccc5c5cc(-c6cccc(-c7ccccc7)n6)ccc5c4c3)c2)cc1. The van der Waals surface area contributed by atoms with Gasteiger partial charge in [0.2, 0.25) is 0 Å². The third kappa shape index (κ3) is 4.22. The van der Waals surface area contributed by atoms with E-state index in [2.05, 4.69) is 140 Å². The van der Waals surface area contributed by atoms with E-state index in [1.54, 1.807) is 0 Å². The van der Waals surface area contributed by atoms with Crippen LogP contribution in [-0.2, 0) is 0 Å². The molecule has 0 saturated carbocycles. The molecule has 8 rings (SSSR count). The summed E-state index contributed by atoms with van der Waals surface area (Å²) in [6.45, 7) is 0. The van der Waals surface area contributed by atoms with Gasteiger partial charge in [-0.15, -0.1) is 0 Å². The summed E-state index contributed by atoms with van der Waals surface area (Å²) in [5, 5.41) is 7.43. The molecule has 0 amide bonds. The molecule has 2 heteroatoms. The van der Waals surface area contributed by atoms with Crippen molar-refractivity contribution >= 4 is 32.3 Å². The molecule has 0 radical (unpaired) electrons. The smallest absolute Gasteiger partial charge is 0.0709 e. The molecule has 196 valence electrons. The van der Waals surface area contributed by atoms with Crippen molar-refractivity contribution in [2.45, 2.75) is 0 Å². The number of nitrogens with zero attached hydrogens (tertiary/aromatic N) is 2. The van der Waals surface area contributed by atoms with Crippen LogP contribution in [0.2, 0.25) is 0 Å². The van der Waals surface area contributed by atoms with Gasteiger partial charge in [-0.25, -0.2) is 4.98 Å². The maximum Gasteiger partial charge on any atom is 0.0709 e. The number of hydrogen-bond donors (Lipinski definition) is 0. The van der Waals surface area contributed by atoms with Gasteiger partial charge in [0.05, 0.1) is 17.1 Å². The van der Waals surface area contributed by atoms with Gasteiger partial charge in [-0.2, -0.15) is 0 Å². The normalized spacial score (nSPS) is 11.3. The van der Waals surface area contributed by atoms with Crippen LogP contribution in [-0.4, -0.2) is 9.97 Å². The van der Waals surface area contributed by atoms with Gasteiger partial charge in [-0.05, 0) is 79.8 Å². The molecule has 0 aliphatic carbocycles. The van der Waals surface area contributed by atoms with Crippen molar-refractivity contribution in [2.75, 3.05) is 0 Å². The van der Waals surface area contributed by atoms with Gasteiger partial charge in [0.15, 0.2) is 0 Å². The first-order valence-electron chi connectivity index (χ1n) is 14.2. The first-order chi connectivity index (χ1) is 20.8. The molecule has 2 aromatic heterocycles. The van der Waals surface area contributed by atoms with Crippen LogP contribution in [0.4, 0.5) is 0 Å². The number of hydrogen-bond acceptors (Lipinski definition) is 2. The summed E-state index contributed by atoms with van der Waals surface area (Å²) in [5.41, 5.74) is 8.61. The fourth-order valence-corrected chi connectivity index (χ4v) is 6.04. The topological polar surface area (TPSA) is 25.8 Å². The van der Waals surface area contributed by atoms with Crippen molar-refractivity contribution in [3.05, 3.63) is 158 Å². The molecule has 0 atom stereocenters. The Bertz CT molecular complexity index is 2120. The Morgan fingerprint density at radius 2 is 0.810 bits per heavy atom. The van der Waals surface area contributed by atoms with Crippen molar-refractivity contribution in [1.82, 2.24) is 9.97 Å². The van der Waals surface area contributed by atoms with E-state index in [9.17, 15) is 0 Å². The molecule has 2 nitrogen and oxygen atoms in total. The standard InChI is InChI=1S/C40H26N2/c1-3-10-27(11-4-1)29-22-23-41-40(26-29)31-19-20-34-32-14-7-8-15-33(32)36-24-30(18-21-35(36)37(34)25-31)39-17-9-16-38(42-39)28-12-5-2-6-13-28/h1-26H. The summed E-state index contributed by atoms with van der Waals surface area (Å²) < 4.78 is 0. The van der Waals surface area contributed by atoms with Gasteiger partial charge < -0.3 is 0 Å². The lowest BCUT2D eigenvalue weighted by molar-refractivity contribution is 1.33. The molecule has 0 aliphatic heterocycles. The van der Waals surface area contributed by atoms with Crippen LogP contribution in [0.1, 0.15) is 0 Å². The van der Waals surface area contributed by atoms with Gasteiger partial charge >= 0.3 is 0 Å². The molecular weight excluding hydrogens is 508 g/mol. The fourth-order valence-electron chi connectivity index (χ4n) is 6.04. The van der Waals surface area contributed by atoms with Gasteiger partial charge in [0.25, 0.3) is 0 Å². The first-order valence-corrected chi connectivity index (χ1v) is 14.2. The highest BCUT2D eigenvalue weighted by Gasteiger charge is 2.13. The maximum atomic E-state index is 5.04. The predicted octanol–water partition coefficient (Wildman–Crippen LogP) is 10.6. The second kappa shape index (κ2) is 10.1. The molecule has 8 aromatic rings. The van der Waals surface area contributed by atoms with E-state index < -0.39 is 0 Å². The Balaban J connectivity index is 1.31. The number of fused-ring (bicyclic) bond motifs is 6. The highest BCUT2D eigenvalue weighted by atomic mass is 14.7. The van der Waals surface area contributed by atoms with Gasteiger partial charge in [-0.1, -0.05) is 115 Å². The second-order valence-electron chi connectivity index (χ2n) is 10.6. The predicted molar refractivity (Wildman–Crippen MR) is 176 cm³/mol. The average molecular weight is 535 g/mol. The maximum absolute atomic E-state index is 5.04. The Hall–Kier alpha value is -5.60. The van der Waals surface area contributed by atoms with Crippen molar-refractivity contribution in [3.8, 4) is 44.9 Å². The van der Waals surface area contributed by atoms with Crippen LogP contribution in [0, 0.1) is 0 Å². The zero-order valence-corrected chi connectivity index (χ0v) is 22.9. The summed E-state index contributed by atoms with van der Waals surface area (Å²) >= 11 is 0. The van der Waals surface area contributed by atoms with Crippen LogP contribution < -0.4 is 0 Å². The second-order valence-corrected chi connectivity index (χ2v) is 10.6. The summed E-state index contributed by atoms with van der Waals surface area (Å²) in [5.74, 6) is 0. The van der Waals surface area contributed by atoms with Crippen LogP contribution in [0.3, 0.4) is 0 Å². The molecule has 0 fully saturated rings. The lowest BCUT2D eigenvalue weighted by Gasteiger charge is -2.14. The molecular formula is C40H26N2. The van der Waals surface area contributed by atoms with E-state index >= 15 is 0 Å². The third-order valence-electron chi connectivity index (χ3n) is 8.11. The minimum absolute atomic E-state index is 0.970. The fraction of sp³-hybridized carbons (Fsp3) is 0. The minimum Gasteiger partial charge on any atom is -0.256 e. The number of rotatable bonds is 4. The van der Waals surface area contributed by atoms with Crippen molar-refractivity contribution in [3.63, 3.8) is 0 Å². The summed E-state index contributed by atoms with van der Waals surface area (Å²) in [6.07, 6.45) is 1.91. The van der Waals surface area contributed by atoms with E-state index in [0.29, 0.717) is 0 Å². The molecule has 42 heavy (non-hydrogen) atoms. The lowest BCUT2D eigenvalue weighted by atomic mass is 9.91. The first kappa shape index (κ1) is 24.2. The number of aromatic nitrogens is 2. The van der Waals surface area contributed by atoms with Crippen molar-refractivity contribution in [1.29, 1.82) is 0 Å². The largest absolute Gasteiger partial charge is 0.256 e. The Morgan fingerprint density at radius 3 is 1.50 bits per heavy atom. The Labute approximate surface area is 244 Å². The Kier molecular flexibility index (Phi) is 5.82. The highest BCUT2D eigenvalue weighted by molar-refractivity contribution is 6.26. The molecule has 0 saturated heterocycles. The summed E-state index contributed by atoms with van der Waals surface area (Å²) in [4.78, 5) is 9.80. The van der Waals surface area contributed by atoms with Crippen molar-refractivity contribution in [2.24, 2.45) is 0 Å². The van der Waals surface area contributed by atoms with E-state index in [1.807, 2.05) is 18.3 Å². The molecule has 0 unspecified atom stereocenters. The molecule has 0 N–H and O–H groups in total. The Morgan fingerprint density at radius 1 is 0.286 bits per heavy atom. The quantitative estimate of drug-likeness (QED) is 0.210. The van der Waals surface area contributed by atoms with Crippen LogP contribution >= 0.6 is 0 Å².